The maximum atomic E-state index is 12.1. The summed E-state index contributed by atoms with van der Waals surface area (Å²) >= 11 is 0. The Morgan fingerprint density at radius 3 is 2.55 bits per heavy atom. The number of aliphatic hydroxyl groups is 1. The number of nitrogens with one attached hydrogen (secondary N) is 1. The number of amides is 1. The molecule has 164 valence electrons. The summed E-state index contributed by atoms with van der Waals surface area (Å²) in [5.41, 5.74) is 8.90. The van der Waals surface area contributed by atoms with Crippen LogP contribution in [0.15, 0.2) is 42.7 Å². The van der Waals surface area contributed by atoms with Gasteiger partial charge < -0.3 is 20.9 Å². The van der Waals surface area contributed by atoms with Gasteiger partial charge in [0.15, 0.2) is 0 Å². The third-order valence-corrected chi connectivity index (χ3v) is 5.87. The molecule has 0 bridgehead atoms. The fraction of sp³-hybridized carbons (Fsp3) is 0.417. The number of carbonyl (C=O) groups excluding carboxylic acids is 1. The van der Waals surface area contributed by atoms with E-state index < -0.39 is 11.5 Å². The zero-order valence-electron chi connectivity index (χ0n) is 18.3. The number of benzene rings is 1. The molecule has 2 heterocycles. The van der Waals surface area contributed by atoms with Gasteiger partial charge in [0.25, 0.3) is 5.91 Å². The monoisotopic (exact) mass is 422 g/mol. The van der Waals surface area contributed by atoms with Crippen LogP contribution in [-0.2, 0) is 0 Å². The van der Waals surface area contributed by atoms with Crippen LogP contribution in [0, 0.1) is 0 Å². The van der Waals surface area contributed by atoms with Gasteiger partial charge >= 0.3 is 0 Å². The lowest BCUT2D eigenvalue weighted by molar-refractivity contribution is 0.0196. The number of ether oxygens (including phenoxy) is 1. The number of carbonyl (C=O) groups is 1. The summed E-state index contributed by atoms with van der Waals surface area (Å²) in [6, 6.07) is 10.1. The number of fused-ring (bicyclic) bond motifs is 1. The van der Waals surface area contributed by atoms with E-state index in [0.717, 1.165) is 48.1 Å². The number of nitrogens with two attached hydrogens (primary N) is 1. The van der Waals surface area contributed by atoms with Gasteiger partial charge in [-0.3, -0.25) is 4.79 Å². The van der Waals surface area contributed by atoms with Crippen LogP contribution in [0.4, 0.5) is 5.69 Å². The molecule has 1 aliphatic carbocycles. The van der Waals surface area contributed by atoms with Crippen molar-refractivity contribution in [1.82, 2.24) is 9.61 Å². The molecular weight excluding hydrogens is 392 g/mol. The van der Waals surface area contributed by atoms with Gasteiger partial charge in [-0.25, -0.2) is 4.52 Å². The summed E-state index contributed by atoms with van der Waals surface area (Å²) in [5, 5.41) is 18.2. The van der Waals surface area contributed by atoms with Crippen LogP contribution >= 0.6 is 0 Å². The third-order valence-electron chi connectivity index (χ3n) is 5.87. The minimum Gasteiger partial charge on any atom is -0.491 e. The molecule has 31 heavy (non-hydrogen) atoms. The summed E-state index contributed by atoms with van der Waals surface area (Å²) in [5.74, 6) is 0.311. The molecule has 7 heteroatoms. The Labute approximate surface area is 182 Å². The summed E-state index contributed by atoms with van der Waals surface area (Å²) in [6.07, 6.45) is 6.66. The maximum absolute atomic E-state index is 12.1. The predicted molar refractivity (Wildman–Crippen MR) is 121 cm³/mol. The summed E-state index contributed by atoms with van der Waals surface area (Å²) < 4.78 is 7.49. The molecule has 4 N–H and O–H groups in total. The van der Waals surface area contributed by atoms with E-state index in [-0.39, 0.29) is 12.1 Å². The van der Waals surface area contributed by atoms with Crippen LogP contribution in [-0.4, -0.2) is 38.4 Å². The molecule has 3 aromatic rings. The van der Waals surface area contributed by atoms with Crippen LogP contribution < -0.4 is 15.8 Å². The average molecular weight is 423 g/mol. The molecule has 0 spiro atoms. The first-order valence-electron chi connectivity index (χ1n) is 10.8. The van der Waals surface area contributed by atoms with Crippen LogP contribution in [0.2, 0.25) is 0 Å². The first-order chi connectivity index (χ1) is 14.7. The van der Waals surface area contributed by atoms with E-state index >= 15 is 0 Å². The van der Waals surface area contributed by atoms with Crippen molar-refractivity contribution in [3.05, 3.63) is 48.3 Å². The number of primary amides is 1. The summed E-state index contributed by atoms with van der Waals surface area (Å²) in [7, 11) is 0. The lowest BCUT2D eigenvalue weighted by atomic mass is 9.83. The highest BCUT2D eigenvalue weighted by atomic mass is 16.5. The quantitative estimate of drug-likeness (QED) is 0.557. The first-order valence-corrected chi connectivity index (χ1v) is 10.8. The number of nitrogens with zero attached hydrogens (tertiary/aromatic N) is 2. The van der Waals surface area contributed by atoms with Gasteiger partial charge in [0.1, 0.15) is 5.75 Å². The van der Waals surface area contributed by atoms with E-state index in [0.29, 0.717) is 11.3 Å². The lowest BCUT2D eigenvalue weighted by Gasteiger charge is -2.34. The molecule has 0 radical (unpaired) electrons. The Kier molecular flexibility index (Phi) is 5.62. The van der Waals surface area contributed by atoms with E-state index in [1.54, 1.807) is 4.52 Å². The second kappa shape index (κ2) is 8.23. The Morgan fingerprint density at radius 1 is 1.26 bits per heavy atom. The van der Waals surface area contributed by atoms with Gasteiger partial charge in [-0.1, -0.05) is 12.1 Å². The van der Waals surface area contributed by atoms with Crippen LogP contribution in [0.5, 0.6) is 5.75 Å². The molecule has 1 fully saturated rings. The molecular formula is C24H30N4O3. The van der Waals surface area contributed by atoms with Crippen molar-refractivity contribution in [2.45, 2.75) is 64.2 Å². The van der Waals surface area contributed by atoms with E-state index in [4.69, 9.17) is 10.5 Å². The summed E-state index contributed by atoms with van der Waals surface area (Å²) in [6.45, 7) is 5.87. The van der Waals surface area contributed by atoms with Gasteiger partial charge in [-0.2, -0.15) is 5.10 Å². The Morgan fingerprint density at radius 2 is 1.94 bits per heavy atom. The number of rotatable bonds is 6. The first kappa shape index (κ1) is 21.2. The minimum atomic E-state index is -0.619. The maximum Gasteiger partial charge on any atom is 0.252 e. The minimum absolute atomic E-state index is 0.122. The molecule has 4 rings (SSSR count). The van der Waals surface area contributed by atoms with Crippen molar-refractivity contribution in [1.29, 1.82) is 0 Å². The van der Waals surface area contributed by atoms with Gasteiger partial charge in [-0.05, 0) is 70.2 Å². The van der Waals surface area contributed by atoms with Gasteiger partial charge in [0.05, 0.1) is 34.7 Å². The highest BCUT2D eigenvalue weighted by Gasteiger charge is 2.29. The smallest absolute Gasteiger partial charge is 0.252 e. The highest BCUT2D eigenvalue weighted by molar-refractivity contribution is 6.02. The van der Waals surface area contributed by atoms with Crippen molar-refractivity contribution in [2.75, 3.05) is 5.32 Å². The Balaban J connectivity index is 1.67. The molecule has 1 amide bonds. The fourth-order valence-corrected chi connectivity index (χ4v) is 4.14. The SMILES string of the molecule is CC(C)Oc1ccc(-c2cc3c(N[C@H]4CC[C@](C)(O)CC4)c(C(N)=O)cnn3c2)cc1. The van der Waals surface area contributed by atoms with Gasteiger partial charge in [0, 0.05) is 17.8 Å². The van der Waals surface area contributed by atoms with E-state index in [1.807, 2.05) is 57.3 Å². The largest absolute Gasteiger partial charge is 0.491 e. The van der Waals surface area contributed by atoms with Crippen LogP contribution in [0.1, 0.15) is 56.8 Å². The highest BCUT2D eigenvalue weighted by Crippen LogP contribution is 2.33. The van der Waals surface area contributed by atoms with Crippen molar-refractivity contribution < 1.29 is 14.6 Å². The Bertz CT molecular complexity index is 1080. The zero-order valence-corrected chi connectivity index (χ0v) is 18.3. The van der Waals surface area contributed by atoms with E-state index in [2.05, 4.69) is 10.4 Å². The molecule has 1 saturated carbocycles. The Hall–Kier alpha value is -3.06. The molecule has 0 aliphatic heterocycles. The van der Waals surface area contributed by atoms with Crippen molar-refractivity contribution in [2.24, 2.45) is 5.73 Å². The zero-order chi connectivity index (χ0) is 22.2. The predicted octanol–water partition coefficient (Wildman–Crippen LogP) is 3.99. The molecule has 0 unspecified atom stereocenters. The third kappa shape index (κ3) is 4.66. The van der Waals surface area contributed by atoms with E-state index in [1.165, 1.54) is 6.20 Å². The van der Waals surface area contributed by atoms with Gasteiger partial charge in [-0.15, -0.1) is 0 Å². The van der Waals surface area contributed by atoms with Crippen molar-refractivity contribution >= 4 is 17.1 Å². The van der Waals surface area contributed by atoms with Gasteiger partial charge in [0.2, 0.25) is 0 Å². The van der Waals surface area contributed by atoms with E-state index in [9.17, 15) is 9.90 Å². The van der Waals surface area contributed by atoms with Crippen LogP contribution in [0.25, 0.3) is 16.6 Å². The second-order valence-electron chi connectivity index (χ2n) is 8.96. The normalized spacial score (nSPS) is 21.4. The number of aromatic nitrogens is 2. The lowest BCUT2D eigenvalue weighted by Crippen LogP contribution is -2.36. The average Bonchev–Trinajstić information content (AvgIpc) is 3.14. The standard InChI is InChI=1S/C24H30N4O3/c1-15(2)31-19-6-4-16(5-7-19)17-12-21-22(20(23(25)29)13-26-28(21)14-17)27-18-8-10-24(3,30)11-9-18/h4-7,12-15,18,27,30H,8-11H2,1-3H3,(H2,25,29)/t18-,24-. The molecule has 2 aromatic heterocycles. The molecule has 1 aromatic carbocycles. The molecule has 0 atom stereocenters. The fourth-order valence-electron chi connectivity index (χ4n) is 4.14. The molecule has 1 aliphatic rings. The summed E-state index contributed by atoms with van der Waals surface area (Å²) in [4.78, 5) is 12.1. The van der Waals surface area contributed by atoms with Crippen molar-refractivity contribution in [3.63, 3.8) is 0 Å². The number of hydrogen-bond acceptors (Lipinski definition) is 5. The number of hydrogen-bond donors (Lipinski definition) is 3. The van der Waals surface area contributed by atoms with Crippen LogP contribution in [0.3, 0.4) is 0 Å². The van der Waals surface area contributed by atoms with Crippen molar-refractivity contribution in [3.8, 4) is 16.9 Å². The number of anilines is 1. The molecule has 7 nitrogen and oxygen atoms in total. The second-order valence-corrected chi connectivity index (χ2v) is 8.96. The molecule has 0 saturated heterocycles. The topological polar surface area (TPSA) is 102 Å².